The molecule has 1 aromatic heterocycles. The fourth-order valence-corrected chi connectivity index (χ4v) is 6.33. The van der Waals surface area contributed by atoms with Gasteiger partial charge in [0.05, 0.1) is 24.5 Å². The summed E-state index contributed by atoms with van der Waals surface area (Å²) < 4.78 is 0. The molecule has 0 bridgehead atoms. The normalized spacial score (nSPS) is 21.4. The molecule has 0 spiro atoms. The van der Waals surface area contributed by atoms with Gasteiger partial charge in [-0.1, -0.05) is 60.7 Å². The average molecular weight is 615 g/mol. The van der Waals surface area contributed by atoms with Gasteiger partial charge in [0.2, 0.25) is 23.6 Å². The average Bonchev–Trinajstić information content (AvgIpc) is 3.74. The van der Waals surface area contributed by atoms with Gasteiger partial charge in [-0.15, -0.1) is 0 Å². The second kappa shape index (κ2) is 14.0. The van der Waals surface area contributed by atoms with E-state index in [2.05, 4.69) is 25.9 Å². The number of amides is 4. The summed E-state index contributed by atoms with van der Waals surface area (Å²) in [6.45, 7) is 2.31. The Balaban J connectivity index is 1.45. The van der Waals surface area contributed by atoms with Crippen LogP contribution in [0.15, 0.2) is 73.2 Å². The molecule has 6 N–H and O–H groups in total. The SMILES string of the molecule is CN[C@H](C)C(=O)N1CC[C@]2(C(=O)NC(c3ccccc3)c3ccccc3)CCCN2C(=O)[C@@H](NC(=O)C(N)Cc2cnc[nH]2)C1. The molecule has 12 nitrogen and oxygen atoms in total. The predicted octanol–water partition coefficient (Wildman–Crippen LogP) is 0.872. The van der Waals surface area contributed by atoms with E-state index in [-0.39, 0.29) is 37.7 Å². The van der Waals surface area contributed by atoms with Crippen molar-refractivity contribution in [2.75, 3.05) is 26.7 Å². The second-order valence-corrected chi connectivity index (χ2v) is 11.8. The van der Waals surface area contributed by atoms with E-state index in [0.717, 1.165) is 11.1 Å². The van der Waals surface area contributed by atoms with E-state index < -0.39 is 41.5 Å². The molecule has 3 heterocycles. The molecule has 2 saturated heterocycles. The second-order valence-electron chi connectivity index (χ2n) is 11.8. The smallest absolute Gasteiger partial charge is 0.247 e. The zero-order chi connectivity index (χ0) is 32.0. The number of carbonyl (C=O) groups is 4. The zero-order valence-electron chi connectivity index (χ0n) is 25.7. The topological polar surface area (TPSA) is 166 Å². The Labute approximate surface area is 263 Å². The van der Waals surface area contributed by atoms with Gasteiger partial charge < -0.3 is 36.5 Å². The molecule has 2 aliphatic rings. The molecule has 5 rings (SSSR count). The Morgan fingerprint density at radius 3 is 2.31 bits per heavy atom. The third kappa shape index (κ3) is 6.91. The molecule has 4 atom stereocenters. The summed E-state index contributed by atoms with van der Waals surface area (Å²) in [5.74, 6) is -1.45. The number of nitrogens with two attached hydrogens (primary N) is 1. The van der Waals surface area contributed by atoms with Crippen LogP contribution in [0.2, 0.25) is 0 Å². The van der Waals surface area contributed by atoms with Crippen molar-refractivity contribution in [1.82, 2.24) is 35.7 Å². The molecule has 0 saturated carbocycles. The van der Waals surface area contributed by atoms with Crippen LogP contribution < -0.4 is 21.7 Å². The van der Waals surface area contributed by atoms with E-state index >= 15 is 0 Å². The van der Waals surface area contributed by atoms with E-state index in [0.29, 0.717) is 25.1 Å². The molecule has 4 amide bonds. The van der Waals surface area contributed by atoms with Gasteiger partial charge >= 0.3 is 0 Å². The molecular formula is C33H42N8O4. The van der Waals surface area contributed by atoms with E-state index in [1.165, 1.54) is 6.33 Å². The molecule has 3 aromatic rings. The minimum absolute atomic E-state index is 0.0307. The molecule has 45 heavy (non-hydrogen) atoms. The highest BCUT2D eigenvalue weighted by atomic mass is 16.2. The number of benzene rings is 2. The van der Waals surface area contributed by atoms with Gasteiger partial charge in [-0.05, 0) is 44.4 Å². The standard InChI is InChI=1S/C33H42N8O4/c1-22(35-2)30(43)40-17-15-33(32(45)39-28(23-10-5-3-6-11-23)24-12-7-4-8-13-24)14-9-16-41(33)31(44)27(20-40)38-29(42)26(34)18-25-19-36-21-37-25/h3-8,10-13,19,21-22,26-28,35H,9,14-18,20,34H2,1-2H3,(H,36,37)(H,38,42)(H,39,45)/t22-,26?,27+,33+/m1/s1. The molecule has 0 aliphatic carbocycles. The lowest BCUT2D eigenvalue weighted by molar-refractivity contribution is -0.152. The summed E-state index contributed by atoms with van der Waals surface area (Å²) >= 11 is 0. The largest absolute Gasteiger partial charge is 0.348 e. The first kappa shape index (κ1) is 31.9. The third-order valence-electron chi connectivity index (χ3n) is 8.98. The zero-order valence-corrected chi connectivity index (χ0v) is 25.7. The Morgan fingerprint density at radius 2 is 1.71 bits per heavy atom. The summed E-state index contributed by atoms with van der Waals surface area (Å²) in [4.78, 5) is 65.7. The lowest BCUT2D eigenvalue weighted by Gasteiger charge is -2.44. The van der Waals surface area contributed by atoms with Crippen molar-refractivity contribution in [2.45, 2.75) is 62.3 Å². The first-order valence-electron chi connectivity index (χ1n) is 15.4. The van der Waals surface area contributed by atoms with Crippen LogP contribution in [-0.2, 0) is 25.6 Å². The minimum atomic E-state index is -1.21. The molecule has 0 radical (unpaired) electrons. The number of nitrogens with zero attached hydrogens (tertiary/aromatic N) is 3. The van der Waals surface area contributed by atoms with E-state index in [4.69, 9.17) is 5.73 Å². The number of likely N-dealkylation sites (N-methyl/N-ethyl adjacent to an activating group) is 1. The lowest BCUT2D eigenvalue weighted by Crippen LogP contribution is -2.67. The number of hydrogen-bond donors (Lipinski definition) is 5. The highest BCUT2D eigenvalue weighted by molar-refractivity contribution is 5.97. The van der Waals surface area contributed by atoms with Crippen LogP contribution >= 0.6 is 0 Å². The Hall–Kier alpha value is -4.55. The number of aromatic amines is 1. The minimum Gasteiger partial charge on any atom is -0.348 e. The summed E-state index contributed by atoms with van der Waals surface area (Å²) in [5.41, 5.74) is 7.51. The van der Waals surface area contributed by atoms with Gasteiger partial charge in [-0.25, -0.2) is 4.98 Å². The number of nitrogens with one attached hydrogen (secondary N) is 4. The van der Waals surface area contributed by atoms with Crippen LogP contribution in [0.1, 0.15) is 49.0 Å². The van der Waals surface area contributed by atoms with Gasteiger partial charge in [-0.2, -0.15) is 0 Å². The number of carbonyl (C=O) groups excluding carboxylic acids is 4. The maximum Gasteiger partial charge on any atom is 0.247 e. The van der Waals surface area contributed by atoms with E-state index in [1.807, 2.05) is 60.7 Å². The summed E-state index contributed by atoms with van der Waals surface area (Å²) in [6, 6.07) is 16.4. The van der Waals surface area contributed by atoms with Crippen molar-refractivity contribution in [3.8, 4) is 0 Å². The van der Waals surface area contributed by atoms with Crippen molar-refractivity contribution >= 4 is 23.6 Å². The number of fused-ring (bicyclic) bond motifs is 1. The fourth-order valence-electron chi connectivity index (χ4n) is 6.33. The molecule has 1 unspecified atom stereocenters. The van der Waals surface area contributed by atoms with Gasteiger partial charge in [0.1, 0.15) is 11.6 Å². The van der Waals surface area contributed by atoms with Crippen LogP contribution in [0.4, 0.5) is 0 Å². The summed E-state index contributed by atoms with van der Waals surface area (Å²) in [5, 5.41) is 9.04. The van der Waals surface area contributed by atoms with Crippen molar-refractivity contribution in [1.29, 1.82) is 0 Å². The van der Waals surface area contributed by atoms with Crippen LogP contribution in [-0.4, -0.2) is 93.7 Å². The molecule has 2 fully saturated rings. The highest BCUT2D eigenvalue weighted by Crippen LogP contribution is 2.36. The monoisotopic (exact) mass is 614 g/mol. The van der Waals surface area contributed by atoms with E-state index in [9.17, 15) is 19.2 Å². The number of hydrogen-bond acceptors (Lipinski definition) is 7. The first-order valence-corrected chi connectivity index (χ1v) is 15.4. The van der Waals surface area contributed by atoms with Gasteiger partial charge in [-0.3, -0.25) is 19.2 Å². The van der Waals surface area contributed by atoms with Crippen LogP contribution in [0.25, 0.3) is 0 Å². The van der Waals surface area contributed by atoms with Crippen molar-refractivity contribution < 1.29 is 19.2 Å². The van der Waals surface area contributed by atoms with Crippen molar-refractivity contribution in [2.24, 2.45) is 5.73 Å². The number of aromatic nitrogens is 2. The van der Waals surface area contributed by atoms with Gasteiger partial charge in [0, 0.05) is 37.9 Å². The predicted molar refractivity (Wildman–Crippen MR) is 168 cm³/mol. The molecule has 2 aromatic carbocycles. The molecule has 2 aliphatic heterocycles. The Bertz CT molecular complexity index is 1430. The Kier molecular flexibility index (Phi) is 9.94. The number of H-pyrrole nitrogens is 1. The van der Waals surface area contributed by atoms with E-state index in [1.54, 1.807) is 30.0 Å². The van der Waals surface area contributed by atoms with Gasteiger partial charge in [0.15, 0.2) is 0 Å². The number of imidazole rings is 1. The van der Waals surface area contributed by atoms with Crippen LogP contribution in [0.5, 0.6) is 0 Å². The van der Waals surface area contributed by atoms with Crippen LogP contribution in [0.3, 0.4) is 0 Å². The number of rotatable bonds is 10. The quantitative estimate of drug-likeness (QED) is 0.226. The highest BCUT2D eigenvalue weighted by Gasteiger charge is 2.53. The summed E-state index contributed by atoms with van der Waals surface area (Å²) in [6.07, 6.45) is 4.60. The molecule has 12 heteroatoms. The lowest BCUT2D eigenvalue weighted by atomic mass is 9.87. The molecule has 238 valence electrons. The molecular weight excluding hydrogens is 572 g/mol. The van der Waals surface area contributed by atoms with Gasteiger partial charge in [0.25, 0.3) is 0 Å². The van der Waals surface area contributed by atoms with Crippen molar-refractivity contribution in [3.63, 3.8) is 0 Å². The third-order valence-corrected chi connectivity index (χ3v) is 8.98. The Morgan fingerprint density at radius 1 is 1.04 bits per heavy atom. The van der Waals surface area contributed by atoms with Crippen LogP contribution in [0, 0.1) is 0 Å². The maximum atomic E-state index is 14.5. The first-order chi connectivity index (χ1) is 21.7. The maximum absolute atomic E-state index is 14.5. The fraction of sp³-hybridized carbons (Fsp3) is 0.424. The van der Waals surface area contributed by atoms with Crippen molar-refractivity contribution in [3.05, 3.63) is 90.0 Å². The summed E-state index contributed by atoms with van der Waals surface area (Å²) in [7, 11) is 1.69.